The van der Waals surface area contributed by atoms with Crippen molar-refractivity contribution in [3.8, 4) is 11.5 Å². The van der Waals surface area contributed by atoms with E-state index in [1.165, 1.54) is 30.0 Å². The zero-order valence-electron chi connectivity index (χ0n) is 18.7. The summed E-state index contributed by atoms with van der Waals surface area (Å²) < 4.78 is 13.3. The molecule has 0 aliphatic carbocycles. The maximum Gasteiger partial charge on any atom is 0.271 e. The minimum atomic E-state index is -0.509. The first-order valence-electron chi connectivity index (χ1n) is 10.2. The molecule has 0 saturated carbocycles. The Balaban J connectivity index is 1.69. The fourth-order valence-corrected chi connectivity index (χ4v) is 4.01. The van der Waals surface area contributed by atoms with Crippen LogP contribution >= 0.6 is 11.8 Å². The van der Waals surface area contributed by atoms with Crippen LogP contribution < -0.4 is 14.8 Å². The fourth-order valence-electron chi connectivity index (χ4n) is 3.13. The molecule has 0 aliphatic heterocycles. The number of amides is 1. The van der Waals surface area contributed by atoms with Crippen molar-refractivity contribution in [1.29, 1.82) is 0 Å². The molecule has 1 atom stereocenters. The number of carbonyl (C=O) groups is 1. The molecule has 0 aliphatic rings. The molecule has 0 spiro atoms. The zero-order chi connectivity index (χ0) is 24.0. The molecule has 0 saturated heterocycles. The van der Waals surface area contributed by atoms with E-state index in [-0.39, 0.29) is 23.4 Å². The van der Waals surface area contributed by atoms with Crippen molar-refractivity contribution in [3.63, 3.8) is 0 Å². The second-order valence-electron chi connectivity index (χ2n) is 7.36. The molecule has 1 N–H and O–H groups in total. The van der Waals surface area contributed by atoms with Gasteiger partial charge < -0.3 is 19.4 Å². The van der Waals surface area contributed by atoms with Crippen LogP contribution in [-0.2, 0) is 4.79 Å². The molecular formula is C22H25N5O5S. The van der Waals surface area contributed by atoms with Crippen LogP contribution in [0.25, 0.3) is 0 Å². The number of methoxy groups -OCH3 is 1. The van der Waals surface area contributed by atoms with Gasteiger partial charge in [0.2, 0.25) is 5.91 Å². The van der Waals surface area contributed by atoms with Gasteiger partial charge in [-0.1, -0.05) is 30.0 Å². The Labute approximate surface area is 195 Å². The van der Waals surface area contributed by atoms with E-state index in [4.69, 9.17) is 9.47 Å². The number of aromatic nitrogens is 3. The number of thioether (sulfide) groups is 1. The number of benzene rings is 2. The SMILES string of the molecule is COc1ccccc1OC(C)c1nnc(SCC(=O)Nc2cccc([N+](=O)[O-])c2)n1C(C)C. The van der Waals surface area contributed by atoms with Crippen LogP contribution in [0.1, 0.15) is 38.7 Å². The monoisotopic (exact) mass is 471 g/mol. The van der Waals surface area contributed by atoms with Crippen LogP contribution in [0.5, 0.6) is 11.5 Å². The average Bonchev–Trinajstić information content (AvgIpc) is 3.23. The van der Waals surface area contributed by atoms with Gasteiger partial charge in [0, 0.05) is 23.9 Å². The Bertz CT molecular complexity index is 1130. The maximum absolute atomic E-state index is 12.4. The predicted octanol–water partition coefficient (Wildman–Crippen LogP) is 4.65. The van der Waals surface area contributed by atoms with Crippen LogP contribution in [0.3, 0.4) is 0 Å². The summed E-state index contributed by atoms with van der Waals surface area (Å²) in [5.74, 6) is 1.59. The van der Waals surface area contributed by atoms with E-state index in [1.807, 2.05) is 49.6 Å². The number of nitrogens with zero attached hydrogens (tertiary/aromatic N) is 4. The third-order valence-electron chi connectivity index (χ3n) is 4.62. The Morgan fingerprint density at radius 1 is 1.15 bits per heavy atom. The highest BCUT2D eigenvalue weighted by molar-refractivity contribution is 7.99. The van der Waals surface area contributed by atoms with Crippen molar-refractivity contribution in [1.82, 2.24) is 14.8 Å². The number of para-hydroxylation sites is 2. The van der Waals surface area contributed by atoms with Crippen molar-refractivity contribution in [2.24, 2.45) is 0 Å². The molecule has 10 nitrogen and oxygen atoms in total. The second kappa shape index (κ2) is 10.8. The van der Waals surface area contributed by atoms with Gasteiger partial charge in [0.05, 0.1) is 17.8 Å². The Morgan fingerprint density at radius 3 is 2.55 bits per heavy atom. The van der Waals surface area contributed by atoms with Gasteiger partial charge in [0.1, 0.15) is 0 Å². The van der Waals surface area contributed by atoms with Crippen LogP contribution in [0, 0.1) is 10.1 Å². The lowest BCUT2D eigenvalue weighted by Gasteiger charge is -2.19. The van der Waals surface area contributed by atoms with Crippen LogP contribution in [0.2, 0.25) is 0 Å². The maximum atomic E-state index is 12.4. The highest BCUT2D eigenvalue weighted by Crippen LogP contribution is 2.32. The Morgan fingerprint density at radius 2 is 1.88 bits per heavy atom. The molecule has 3 aromatic rings. The molecule has 1 unspecified atom stereocenters. The van der Waals surface area contributed by atoms with E-state index in [9.17, 15) is 14.9 Å². The first kappa shape index (κ1) is 24.1. The lowest BCUT2D eigenvalue weighted by atomic mass is 10.3. The number of ether oxygens (including phenoxy) is 2. The van der Waals surface area contributed by atoms with Gasteiger partial charge in [-0.15, -0.1) is 10.2 Å². The second-order valence-corrected chi connectivity index (χ2v) is 8.30. The predicted molar refractivity (Wildman–Crippen MR) is 125 cm³/mol. The standard InChI is InChI=1S/C22H25N5O5S/c1-14(2)26-21(15(3)32-19-11-6-5-10-18(19)31-4)24-25-22(26)33-13-20(28)23-16-8-7-9-17(12-16)27(29)30/h5-12,14-15H,13H2,1-4H3,(H,23,28). The van der Waals surface area contributed by atoms with E-state index < -0.39 is 11.0 Å². The van der Waals surface area contributed by atoms with Crippen molar-refractivity contribution in [3.05, 3.63) is 64.5 Å². The molecule has 1 amide bonds. The summed E-state index contributed by atoms with van der Waals surface area (Å²) in [5.41, 5.74) is 0.272. The number of hydrogen-bond donors (Lipinski definition) is 1. The number of non-ortho nitro benzene ring substituents is 1. The number of rotatable bonds is 10. The molecule has 174 valence electrons. The van der Waals surface area contributed by atoms with Crippen LogP contribution in [-0.4, -0.2) is 38.5 Å². The van der Waals surface area contributed by atoms with Gasteiger partial charge in [0.25, 0.3) is 5.69 Å². The van der Waals surface area contributed by atoms with Crippen LogP contribution in [0.15, 0.2) is 53.7 Å². The zero-order valence-corrected chi connectivity index (χ0v) is 19.5. The molecule has 3 rings (SSSR count). The fraction of sp³-hybridized carbons (Fsp3) is 0.318. The number of hydrogen-bond acceptors (Lipinski definition) is 8. The number of nitro groups is 1. The van der Waals surface area contributed by atoms with Gasteiger partial charge in [-0.25, -0.2) is 0 Å². The summed E-state index contributed by atoms with van der Waals surface area (Å²) in [6.07, 6.45) is -0.413. The number of anilines is 1. The van der Waals surface area contributed by atoms with Crippen molar-refractivity contribution < 1.29 is 19.2 Å². The molecule has 1 aromatic heterocycles. The summed E-state index contributed by atoms with van der Waals surface area (Å²) in [4.78, 5) is 22.8. The summed E-state index contributed by atoms with van der Waals surface area (Å²) in [5, 5.41) is 22.7. The lowest BCUT2D eigenvalue weighted by molar-refractivity contribution is -0.384. The van der Waals surface area contributed by atoms with Gasteiger partial charge in [-0.2, -0.15) is 0 Å². The first-order valence-corrected chi connectivity index (χ1v) is 11.2. The molecular weight excluding hydrogens is 446 g/mol. The van der Waals surface area contributed by atoms with Crippen molar-refractivity contribution >= 4 is 29.0 Å². The molecule has 2 aromatic carbocycles. The minimum absolute atomic E-state index is 0.0288. The third-order valence-corrected chi connectivity index (χ3v) is 5.56. The lowest BCUT2D eigenvalue weighted by Crippen LogP contribution is -2.16. The first-order chi connectivity index (χ1) is 15.8. The highest BCUT2D eigenvalue weighted by atomic mass is 32.2. The van der Waals surface area contributed by atoms with Crippen molar-refractivity contribution in [2.75, 3.05) is 18.2 Å². The largest absolute Gasteiger partial charge is 0.493 e. The molecule has 0 fully saturated rings. The van der Waals surface area contributed by atoms with Gasteiger partial charge in [-0.3, -0.25) is 14.9 Å². The molecule has 0 bridgehead atoms. The molecule has 11 heteroatoms. The van der Waals surface area contributed by atoms with Gasteiger partial charge >= 0.3 is 0 Å². The normalized spacial score (nSPS) is 11.8. The van der Waals surface area contributed by atoms with E-state index in [0.717, 1.165) is 0 Å². The number of nitrogens with one attached hydrogen (secondary N) is 1. The topological polar surface area (TPSA) is 121 Å². The molecule has 0 radical (unpaired) electrons. The summed E-state index contributed by atoms with van der Waals surface area (Å²) in [6.45, 7) is 5.87. The Hall–Kier alpha value is -3.60. The summed E-state index contributed by atoms with van der Waals surface area (Å²) >= 11 is 1.23. The third kappa shape index (κ3) is 6.01. The van der Waals surface area contributed by atoms with Gasteiger partial charge in [0.15, 0.2) is 28.6 Å². The molecule has 1 heterocycles. The minimum Gasteiger partial charge on any atom is -0.493 e. The smallest absolute Gasteiger partial charge is 0.271 e. The number of nitro benzene ring substituents is 1. The van der Waals surface area contributed by atoms with E-state index in [1.54, 1.807) is 13.2 Å². The van der Waals surface area contributed by atoms with Crippen molar-refractivity contribution in [2.45, 2.75) is 38.1 Å². The van der Waals surface area contributed by atoms with E-state index >= 15 is 0 Å². The highest BCUT2D eigenvalue weighted by Gasteiger charge is 2.23. The Kier molecular flexibility index (Phi) is 7.88. The average molecular weight is 472 g/mol. The van der Waals surface area contributed by atoms with E-state index in [2.05, 4.69) is 15.5 Å². The quantitative estimate of drug-likeness (QED) is 0.258. The summed E-state index contributed by atoms with van der Waals surface area (Å²) in [7, 11) is 1.58. The number of carbonyl (C=O) groups excluding carboxylic acids is 1. The summed E-state index contributed by atoms with van der Waals surface area (Å²) in [6, 6.07) is 13.2. The van der Waals surface area contributed by atoms with Gasteiger partial charge in [-0.05, 0) is 39.0 Å². The molecule has 33 heavy (non-hydrogen) atoms. The van der Waals surface area contributed by atoms with Crippen LogP contribution in [0.4, 0.5) is 11.4 Å². The van der Waals surface area contributed by atoms with E-state index in [0.29, 0.717) is 28.2 Å².